The van der Waals surface area contributed by atoms with Crippen molar-refractivity contribution in [3.63, 3.8) is 0 Å². The molecular formula is C49H72N10O13. The van der Waals surface area contributed by atoms with Gasteiger partial charge < -0.3 is 58.3 Å². The van der Waals surface area contributed by atoms with Gasteiger partial charge in [-0.15, -0.1) is 0 Å². The molecule has 1 saturated heterocycles. The van der Waals surface area contributed by atoms with E-state index in [1.807, 2.05) is 43.3 Å². The van der Waals surface area contributed by atoms with E-state index in [-0.39, 0.29) is 37.2 Å². The second-order valence-corrected chi connectivity index (χ2v) is 18.2. The highest BCUT2D eigenvalue weighted by atomic mass is 16.5. The number of carboxylic acid groups (broad SMARTS) is 2. The number of carboxylic acids is 2. The van der Waals surface area contributed by atoms with Crippen LogP contribution in [0.15, 0.2) is 70.9 Å². The highest BCUT2D eigenvalue weighted by molar-refractivity contribution is 6.09. The predicted molar refractivity (Wildman–Crippen MR) is 264 cm³/mol. The van der Waals surface area contributed by atoms with Gasteiger partial charge in [-0.2, -0.15) is 0 Å². The van der Waals surface area contributed by atoms with E-state index in [0.717, 1.165) is 16.5 Å². The number of hydrogen-bond acceptors (Lipinski definition) is 13. The Labute approximate surface area is 419 Å². The molecule has 0 radical (unpaired) electrons. The Bertz CT molecular complexity index is 2260. The number of allylic oxidation sites excluding steroid dienone is 2. The average Bonchev–Trinajstić information content (AvgIpc) is 3.30. The lowest BCUT2D eigenvalue weighted by Crippen LogP contribution is -2.57. The number of ether oxygens (including phenoxy) is 1. The molecule has 23 nitrogen and oxygen atoms in total. The Morgan fingerprint density at radius 1 is 0.903 bits per heavy atom. The maximum Gasteiger partial charge on any atom is 0.326 e. The van der Waals surface area contributed by atoms with Crippen molar-refractivity contribution in [3.05, 3.63) is 71.5 Å². The minimum atomic E-state index is -2.12. The zero-order chi connectivity index (χ0) is 54.6. The molecule has 0 spiro atoms. The smallest absolute Gasteiger partial charge is 0.326 e. The average molecular weight is 1010 g/mol. The van der Waals surface area contributed by atoms with Crippen molar-refractivity contribution >= 4 is 65.2 Å². The number of aliphatic imine (C=N–C) groups is 1. The van der Waals surface area contributed by atoms with Crippen LogP contribution in [0.5, 0.6) is 0 Å². The van der Waals surface area contributed by atoms with Gasteiger partial charge in [-0.3, -0.25) is 48.2 Å². The number of amides is 7. The number of esters is 1. The molecule has 0 aromatic heterocycles. The molecule has 12 N–H and O–H groups in total. The van der Waals surface area contributed by atoms with E-state index in [2.05, 4.69) is 26.3 Å². The second-order valence-electron chi connectivity index (χ2n) is 18.2. The quantitative estimate of drug-likeness (QED) is 0.0270. The summed E-state index contributed by atoms with van der Waals surface area (Å²) in [5.41, 5.74) is 18.3. The maximum absolute atomic E-state index is 14.8. The van der Waals surface area contributed by atoms with Crippen molar-refractivity contribution in [3.8, 4) is 0 Å². The van der Waals surface area contributed by atoms with Gasteiger partial charge in [0.1, 0.15) is 42.0 Å². The van der Waals surface area contributed by atoms with E-state index in [1.54, 1.807) is 26.8 Å². The summed E-state index contributed by atoms with van der Waals surface area (Å²) in [6.07, 6.45) is 3.23. The number of rotatable bonds is 16. The van der Waals surface area contributed by atoms with Gasteiger partial charge >= 0.3 is 17.9 Å². The van der Waals surface area contributed by atoms with Crippen LogP contribution in [0.2, 0.25) is 0 Å². The summed E-state index contributed by atoms with van der Waals surface area (Å²) >= 11 is 0. The molecule has 1 aromatic rings. The van der Waals surface area contributed by atoms with E-state index in [0.29, 0.717) is 16.9 Å². The first-order valence-electron chi connectivity index (χ1n) is 23.5. The zero-order valence-corrected chi connectivity index (χ0v) is 42.4. The lowest BCUT2D eigenvalue weighted by atomic mass is 9.94. The van der Waals surface area contributed by atoms with Crippen molar-refractivity contribution in [1.82, 2.24) is 31.1 Å². The highest BCUT2D eigenvalue weighted by Gasteiger charge is 2.41. The summed E-state index contributed by atoms with van der Waals surface area (Å²) in [6.45, 7) is 12.2. The van der Waals surface area contributed by atoms with Gasteiger partial charge in [0.15, 0.2) is 5.96 Å². The number of carbonyl (C=O) groups excluding carboxylic acids is 8. The number of carbonyl (C=O) groups is 10. The fourth-order valence-corrected chi connectivity index (χ4v) is 7.35. The molecule has 0 bridgehead atoms. The molecule has 1 aromatic carbocycles. The molecule has 1 fully saturated rings. The third-order valence-corrected chi connectivity index (χ3v) is 11.7. The van der Waals surface area contributed by atoms with Gasteiger partial charge in [0.25, 0.3) is 5.91 Å². The summed E-state index contributed by atoms with van der Waals surface area (Å²) in [4.78, 5) is 140. The minimum absolute atomic E-state index is 0.00312. The molecule has 7 amide bonds. The third-order valence-electron chi connectivity index (χ3n) is 11.7. The summed E-state index contributed by atoms with van der Waals surface area (Å²) in [6, 6.07) is 0.248. The summed E-state index contributed by atoms with van der Waals surface area (Å²) < 4.78 is 5.63. The largest absolute Gasteiger partial charge is 0.480 e. The number of guanidine groups is 1. The molecular weight excluding hydrogens is 937 g/mol. The molecule has 9 atom stereocenters. The Kier molecular flexibility index (Phi) is 24.5. The molecule has 9 unspecified atom stereocenters. The van der Waals surface area contributed by atoms with Crippen LogP contribution < -0.4 is 38.5 Å². The van der Waals surface area contributed by atoms with Gasteiger partial charge in [0, 0.05) is 45.3 Å². The normalized spacial score (nSPS) is 22.9. The number of nitrogens with two attached hydrogens (primary N) is 3. The standard InChI is InChI=1S/C49H72N10O13/c1-26(2)22-36-44(65)57-37(47(68)69)25-40(61)55-35(16-13-21-53-49(51)52)46(67)59(38(48(70)71)19-20-41(62)58(9)31(7)43(64)54-30(6)42(63)56-36)45(66)29(5)34(50)18-17-27(3)23-28(4)39(72-32(8)60)24-33-14-11-10-12-15-33/h10-12,14-18,23,26,28-31,34,36-39H,13,19-22,24-25,50H2,1-9H3,(H,54,64)(H,55,61)(H,56,63)(H,57,65)(H,68,69)(H,70,71)(H4,51,52,53). The summed E-state index contributed by atoms with van der Waals surface area (Å²) in [7, 11) is 1.25. The Hall–Kier alpha value is -7.43. The second kappa shape index (κ2) is 29.0. The molecule has 396 valence electrons. The van der Waals surface area contributed by atoms with E-state index in [4.69, 9.17) is 21.9 Å². The molecule has 1 aliphatic heterocycles. The first-order chi connectivity index (χ1) is 33.6. The van der Waals surface area contributed by atoms with E-state index in [9.17, 15) is 58.2 Å². The molecule has 1 aliphatic rings. The van der Waals surface area contributed by atoms with Crippen molar-refractivity contribution in [2.75, 3.05) is 13.6 Å². The number of benzene rings is 1. The number of hydrogen-bond donors (Lipinski definition) is 9. The SMILES string of the molecule is CC(=O)OC(Cc1ccccc1)C(C)C=C(C)C=CC(N)C(C)C(=O)N1C(=O)C(=CCCN=C(N)N)NC(=O)CC(C(=O)O)NC(=O)C(CC(C)C)NC(=O)C(C)NC(=O)C(C)N(C)C(=O)CCC1C(=O)O. The first-order valence-corrected chi connectivity index (χ1v) is 23.5. The number of nitrogens with zero attached hydrogens (tertiary/aromatic N) is 3. The Morgan fingerprint density at radius 3 is 2.11 bits per heavy atom. The van der Waals surface area contributed by atoms with Crippen LogP contribution in [0.25, 0.3) is 0 Å². The van der Waals surface area contributed by atoms with Crippen molar-refractivity contribution in [1.29, 1.82) is 0 Å². The van der Waals surface area contributed by atoms with E-state index >= 15 is 0 Å². The van der Waals surface area contributed by atoms with Gasteiger partial charge in [-0.1, -0.05) is 87.9 Å². The fraction of sp³-hybridized carbons (Fsp3) is 0.531. The summed E-state index contributed by atoms with van der Waals surface area (Å²) in [5, 5.41) is 30.3. The molecule has 1 heterocycles. The molecule has 23 heteroatoms. The van der Waals surface area contributed by atoms with Gasteiger partial charge in [0.2, 0.25) is 35.4 Å². The van der Waals surface area contributed by atoms with Crippen LogP contribution in [-0.4, -0.2) is 141 Å². The van der Waals surface area contributed by atoms with Gasteiger partial charge in [-0.05, 0) is 51.5 Å². The number of nitrogens with one attached hydrogen (secondary N) is 4. The van der Waals surface area contributed by atoms with Crippen LogP contribution in [0.3, 0.4) is 0 Å². The monoisotopic (exact) mass is 1010 g/mol. The summed E-state index contributed by atoms with van der Waals surface area (Å²) in [5.74, 6) is -13.4. The molecule has 0 saturated carbocycles. The highest BCUT2D eigenvalue weighted by Crippen LogP contribution is 2.22. The topological polar surface area (TPSA) is 365 Å². The van der Waals surface area contributed by atoms with Crippen LogP contribution in [-0.2, 0) is 59.1 Å². The predicted octanol–water partition coefficient (Wildman–Crippen LogP) is 0.371. The number of aliphatic carboxylic acids is 2. The lowest BCUT2D eigenvalue weighted by Gasteiger charge is -2.32. The maximum atomic E-state index is 14.8. The van der Waals surface area contributed by atoms with Crippen LogP contribution in [0, 0.1) is 17.8 Å². The zero-order valence-electron chi connectivity index (χ0n) is 42.4. The van der Waals surface area contributed by atoms with Crippen molar-refractivity contribution < 1.29 is 62.9 Å². The number of imide groups is 1. The van der Waals surface area contributed by atoms with Crippen molar-refractivity contribution in [2.45, 2.75) is 136 Å². The fourth-order valence-electron chi connectivity index (χ4n) is 7.35. The Balaban J connectivity index is 2.75. The molecule has 0 aliphatic carbocycles. The third kappa shape index (κ3) is 19.8. The first kappa shape index (κ1) is 60.7. The Morgan fingerprint density at radius 2 is 1.54 bits per heavy atom. The van der Waals surface area contributed by atoms with Crippen LogP contribution in [0.1, 0.15) is 93.1 Å². The molecule has 72 heavy (non-hydrogen) atoms. The van der Waals surface area contributed by atoms with Crippen LogP contribution in [0.4, 0.5) is 0 Å². The number of likely N-dealkylation sites (N-methyl/N-ethyl adjacent to an activating group) is 1. The van der Waals surface area contributed by atoms with Crippen LogP contribution >= 0.6 is 0 Å². The van der Waals surface area contributed by atoms with Gasteiger partial charge in [-0.25, -0.2) is 9.59 Å². The minimum Gasteiger partial charge on any atom is -0.480 e. The van der Waals surface area contributed by atoms with Crippen molar-refractivity contribution in [2.24, 2.45) is 39.9 Å². The lowest BCUT2D eigenvalue weighted by molar-refractivity contribution is -0.159. The van der Waals surface area contributed by atoms with E-state index in [1.165, 1.54) is 40.8 Å². The molecule has 2 rings (SSSR count). The van der Waals surface area contributed by atoms with E-state index < -0.39 is 132 Å². The van der Waals surface area contributed by atoms with Gasteiger partial charge in [0.05, 0.1) is 12.3 Å².